The van der Waals surface area contributed by atoms with Crippen molar-refractivity contribution in [3.05, 3.63) is 0 Å². The van der Waals surface area contributed by atoms with Crippen LogP contribution in [-0.2, 0) is 9.05 Å². The molecule has 2 bridgehead atoms. The lowest BCUT2D eigenvalue weighted by molar-refractivity contribution is -0.224. The van der Waals surface area contributed by atoms with Crippen LogP contribution in [0.3, 0.4) is 0 Å². The minimum atomic E-state index is -0.365. The first-order valence-corrected chi connectivity index (χ1v) is 20.2. The van der Waals surface area contributed by atoms with Crippen molar-refractivity contribution in [3.63, 3.8) is 0 Å². The van der Waals surface area contributed by atoms with E-state index in [0.717, 1.165) is 28.6 Å². The second-order valence-electron chi connectivity index (χ2n) is 15.3. The van der Waals surface area contributed by atoms with E-state index in [1.807, 2.05) is 0 Å². The minimum absolute atomic E-state index is 0.0667. The molecule has 0 aromatic carbocycles. The van der Waals surface area contributed by atoms with Gasteiger partial charge in [0.1, 0.15) is 0 Å². The molecule has 7 aliphatic carbocycles. The Morgan fingerprint density at radius 1 is 0.500 bits per heavy atom. The Hall–Kier alpha value is 0.780. The summed E-state index contributed by atoms with van der Waals surface area (Å²) in [6, 6.07) is 0. The van der Waals surface area contributed by atoms with Gasteiger partial charge in [-0.3, -0.25) is 0 Å². The molecule has 0 aromatic rings. The standard InChI is InChI=1S/C34H60O2P2/c1-33(2)26-24-31(33)34(3,36-38(29-20-12-6-13-21-29)30-22-14-7-15-23-30)32(25-26)35-37(27-16-8-4-9-17-27)28-18-10-5-11-19-28/h26-32H,4-25H2,1-3H3/t26-,31-,32+,34-/m1/s1. The number of rotatable bonds is 8. The lowest BCUT2D eigenvalue weighted by atomic mass is 9.43. The maximum Gasteiger partial charge on any atom is 0.0994 e. The van der Waals surface area contributed by atoms with Crippen molar-refractivity contribution in [1.82, 2.24) is 0 Å². The molecule has 218 valence electrons. The van der Waals surface area contributed by atoms with Crippen LogP contribution in [0, 0.1) is 17.3 Å². The molecular weight excluding hydrogens is 502 g/mol. The third kappa shape index (κ3) is 5.84. The molecule has 7 aliphatic rings. The largest absolute Gasteiger partial charge is 0.352 e. The predicted molar refractivity (Wildman–Crippen MR) is 166 cm³/mol. The first kappa shape index (κ1) is 28.9. The SMILES string of the molecule is CC1(C)[C@H]2C[C@H](OP(C3CCCCC3)C3CCCCC3)[C@](C)(OP(C3CCCCC3)C3CCCCC3)[C@@H]1C2. The highest BCUT2D eigenvalue weighted by molar-refractivity contribution is 7.54. The van der Waals surface area contributed by atoms with Crippen molar-refractivity contribution in [3.8, 4) is 0 Å². The Balaban J connectivity index is 1.27. The van der Waals surface area contributed by atoms with Crippen molar-refractivity contribution >= 4 is 16.3 Å². The summed E-state index contributed by atoms with van der Waals surface area (Å²) in [7, 11) is -0.700. The lowest BCUT2D eigenvalue weighted by Gasteiger charge is -2.67. The van der Waals surface area contributed by atoms with Gasteiger partial charge in [-0.05, 0) is 88.4 Å². The molecule has 0 aliphatic heterocycles. The highest BCUT2D eigenvalue weighted by Crippen LogP contribution is 2.71. The maximum absolute atomic E-state index is 7.88. The Kier molecular flexibility index (Phi) is 9.55. The second-order valence-corrected chi connectivity index (χ2v) is 20.1. The van der Waals surface area contributed by atoms with Crippen LogP contribution in [0.5, 0.6) is 0 Å². The first-order valence-electron chi connectivity index (χ1n) is 17.4. The van der Waals surface area contributed by atoms with E-state index in [9.17, 15) is 0 Å². The fraction of sp³-hybridized carbons (Fsp3) is 1.00. The lowest BCUT2D eigenvalue weighted by Crippen LogP contribution is -2.67. The van der Waals surface area contributed by atoms with Crippen LogP contribution in [0.4, 0.5) is 0 Å². The average molecular weight is 563 g/mol. The molecule has 7 rings (SSSR count). The molecule has 0 N–H and O–H groups in total. The van der Waals surface area contributed by atoms with E-state index in [1.165, 1.54) is 141 Å². The molecule has 4 heteroatoms. The van der Waals surface area contributed by atoms with E-state index < -0.39 is 0 Å². The van der Waals surface area contributed by atoms with Gasteiger partial charge in [0.15, 0.2) is 0 Å². The zero-order valence-electron chi connectivity index (χ0n) is 25.3. The van der Waals surface area contributed by atoms with E-state index in [0.29, 0.717) is 17.4 Å². The van der Waals surface area contributed by atoms with Crippen LogP contribution in [-0.4, -0.2) is 34.3 Å². The van der Waals surface area contributed by atoms with E-state index in [2.05, 4.69) is 20.8 Å². The van der Waals surface area contributed by atoms with Gasteiger partial charge in [-0.1, -0.05) is 90.9 Å². The average Bonchev–Trinajstić information content (AvgIpc) is 2.97. The second kappa shape index (κ2) is 12.6. The molecule has 2 nitrogen and oxygen atoms in total. The van der Waals surface area contributed by atoms with Gasteiger partial charge in [0, 0.05) is 38.9 Å². The van der Waals surface area contributed by atoms with Crippen molar-refractivity contribution in [1.29, 1.82) is 0 Å². The Morgan fingerprint density at radius 3 is 1.29 bits per heavy atom. The van der Waals surface area contributed by atoms with E-state index in [-0.39, 0.29) is 21.9 Å². The van der Waals surface area contributed by atoms with Crippen LogP contribution in [0.25, 0.3) is 0 Å². The molecule has 0 amide bonds. The van der Waals surface area contributed by atoms with E-state index in [4.69, 9.17) is 9.05 Å². The van der Waals surface area contributed by atoms with Crippen LogP contribution < -0.4 is 0 Å². The van der Waals surface area contributed by atoms with Crippen LogP contribution in [0.2, 0.25) is 0 Å². The smallest absolute Gasteiger partial charge is 0.0994 e. The summed E-state index contributed by atoms with van der Waals surface area (Å²) in [5, 5.41) is 0. The van der Waals surface area contributed by atoms with Crippen molar-refractivity contribution in [2.45, 2.75) is 196 Å². The van der Waals surface area contributed by atoms with Gasteiger partial charge >= 0.3 is 0 Å². The van der Waals surface area contributed by atoms with Gasteiger partial charge in [-0.25, -0.2) is 0 Å². The fourth-order valence-electron chi connectivity index (χ4n) is 10.0. The summed E-state index contributed by atoms with van der Waals surface area (Å²) in [4.78, 5) is 0. The fourth-order valence-corrected chi connectivity index (χ4v) is 16.6. The van der Waals surface area contributed by atoms with Crippen LogP contribution in [0.15, 0.2) is 0 Å². The molecular formula is C34H60O2P2. The van der Waals surface area contributed by atoms with Gasteiger partial charge in [-0.15, -0.1) is 0 Å². The molecule has 4 atom stereocenters. The monoisotopic (exact) mass is 562 g/mol. The molecule has 0 radical (unpaired) electrons. The third-order valence-electron chi connectivity index (χ3n) is 12.6. The molecule has 0 saturated heterocycles. The summed E-state index contributed by atoms with van der Waals surface area (Å²) in [5.74, 6) is 1.53. The maximum atomic E-state index is 7.88. The Morgan fingerprint density at radius 2 is 0.895 bits per heavy atom. The Labute approximate surface area is 238 Å². The van der Waals surface area contributed by atoms with Crippen LogP contribution >= 0.6 is 16.3 Å². The van der Waals surface area contributed by atoms with Gasteiger partial charge in [0.2, 0.25) is 0 Å². The molecule has 0 spiro atoms. The quantitative estimate of drug-likeness (QED) is 0.274. The number of hydrogen-bond acceptors (Lipinski definition) is 2. The summed E-state index contributed by atoms with van der Waals surface area (Å²) < 4.78 is 15.6. The van der Waals surface area contributed by atoms with Crippen molar-refractivity contribution in [2.75, 3.05) is 0 Å². The highest BCUT2D eigenvalue weighted by Gasteiger charge is 2.66. The molecule has 0 unspecified atom stereocenters. The molecule has 7 fully saturated rings. The molecule has 38 heavy (non-hydrogen) atoms. The minimum Gasteiger partial charge on any atom is -0.352 e. The van der Waals surface area contributed by atoms with Gasteiger partial charge in [-0.2, -0.15) is 0 Å². The summed E-state index contributed by atoms with van der Waals surface area (Å²) >= 11 is 0. The Bertz CT molecular complexity index is 712. The predicted octanol–water partition coefficient (Wildman–Crippen LogP) is 11.3. The number of fused-ring (bicyclic) bond motifs is 2. The summed E-state index contributed by atoms with van der Waals surface area (Å²) in [5.41, 5.74) is 3.82. The zero-order valence-corrected chi connectivity index (χ0v) is 27.1. The molecule has 0 aromatic heterocycles. The third-order valence-corrected chi connectivity index (χ3v) is 18.6. The van der Waals surface area contributed by atoms with E-state index in [1.54, 1.807) is 0 Å². The summed E-state index contributed by atoms with van der Waals surface area (Å²) in [6.07, 6.45) is 32.0. The topological polar surface area (TPSA) is 18.5 Å². The van der Waals surface area contributed by atoms with Gasteiger partial charge in [0.25, 0.3) is 0 Å². The van der Waals surface area contributed by atoms with E-state index >= 15 is 0 Å². The molecule has 7 saturated carbocycles. The summed E-state index contributed by atoms with van der Waals surface area (Å²) in [6.45, 7) is 7.76. The van der Waals surface area contributed by atoms with Crippen LogP contribution in [0.1, 0.15) is 162 Å². The normalized spacial score (nSPS) is 38.0. The van der Waals surface area contributed by atoms with Crippen molar-refractivity contribution < 1.29 is 9.05 Å². The highest BCUT2D eigenvalue weighted by atomic mass is 31.1. The van der Waals surface area contributed by atoms with Gasteiger partial charge in [0.05, 0.1) is 11.7 Å². The first-order chi connectivity index (χ1) is 18.5. The van der Waals surface area contributed by atoms with Crippen molar-refractivity contribution in [2.24, 2.45) is 17.3 Å². The zero-order chi connectivity index (χ0) is 26.2. The van der Waals surface area contributed by atoms with Gasteiger partial charge < -0.3 is 9.05 Å². The number of hydrogen-bond donors (Lipinski definition) is 0. The molecule has 0 heterocycles.